The molecule has 2 heterocycles. The molecule has 0 saturated carbocycles. The van der Waals surface area contributed by atoms with Crippen LogP contribution >= 0.6 is 34.5 Å². The minimum absolute atomic E-state index is 0.195. The molecule has 1 aliphatic rings. The van der Waals surface area contributed by atoms with Crippen molar-refractivity contribution < 1.29 is 46.9 Å². The van der Waals surface area contributed by atoms with Crippen LogP contribution in [-0.4, -0.2) is 62.2 Å². The summed E-state index contributed by atoms with van der Waals surface area (Å²) in [5.74, 6) is -3.39. The highest BCUT2D eigenvalue weighted by Crippen LogP contribution is 2.38. The van der Waals surface area contributed by atoms with Crippen molar-refractivity contribution in [3.05, 3.63) is 63.3 Å². The van der Waals surface area contributed by atoms with Gasteiger partial charge in [-0.25, -0.2) is 19.0 Å². The number of aromatic nitrogens is 2. The molecule has 0 radical (unpaired) electrons. The van der Waals surface area contributed by atoms with Crippen molar-refractivity contribution in [2.24, 2.45) is 5.10 Å². The standard InChI is InChI=1S/C14H13F4N3O2S.C12H10Cl2N2O4/c1-8(2)21(10-5-3-9(15)4-6-10)11(22)7-23-13-20-19-12(24-13)14(16,17)18;1-12(11(19)20)5-8(10(17)18)15-16(12)9-3-2-6(13)4-7(9)14/h3-6,8H,7H2,1-2H3;2-4H,5H2,1H3,(H,17,18)(H,19,20). The summed E-state index contributed by atoms with van der Waals surface area (Å²) in [6.07, 6.45) is -4.84. The number of hydrogen-bond acceptors (Lipinski definition) is 9. The largest absolute Gasteiger partial charge is 0.479 e. The first-order chi connectivity index (χ1) is 20.4. The number of nitrogens with zero attached hydrogens (tertiary/aromatic N) is 5. The van der Waals surface area contributed by atoms with Crippen LogP contribution in [0.15, 0.2) is 47.6 Å². The maximum atomic E-state index is 13.0. The second-order valence-electron chi connectivity index (χ2n) is 9.51. The van der Waals surface area contributed by atoms with E-state index in [2.05, 4.69) is 15.3 Å². The van der Waals surface area contributed by atoms with Gasteiger partial charge in [0.25, 0.3) is 11.1 Å². The molecule has 4 rings (SSSR count). The number of ether oxygens (including phenoxy) is 1. The van der Waals surface area contributed by atoms with Gasteiger partial charge in [0.1, 0.15) is 11.5 Å². The number of aliphatic carboxylic acids is 2. The van der Waals surface area contributed by atoms with Crippen LogP contribution < -0.4 is 14.6 Å². The second-order valence-corrected chi connectivity index (χ2v) is 11.3. The van der Waals surface area contributed by atoms with Crippen molar-refractivity contribution in [3.63, 3.8) is 0 Å². The molecule has 1 aliphatic heterocycles. The maximum absolute atomic E-state index is 13.0. The van der Waals surface area contributed by atoms with Gasteiger partial charge in [-0.3, -0.25) is 4.79 Å². The summed E-state index contributed by atoms with van der Waals surface area (Å²) in [7, 11) is 0. The third kappa shape index (κ3) is 8.12. The summed E-state index contributed by atoms with van der Waals surface area (Å²) in [4.78, 5) is 36.1. The smallest absolute Gasteiger partial charge is 0.445 e. The molecule has 18 heteroatoms. The number of hydrogen-bond donors (Lipinski definition) is 2. The minimum Gasteiger partial charge on any atom is -0.479 e. The fraction of sp³-hybridized carbons (Fsp3) is 0.308. The number of hydrazone groups is 1. The van der Waals surface area contributed by atoms with Gasteiger partial charge in [-0.2, -0.15) is 18.3 Å². The highest BCUT2D eigenvalue weighted by Gasteiger charge is 2.48. The Kier molecular flexibility index (Phi) is 10.8. The summed E-state index contributed by atoms with van der Waals surface area (Å²) in [5.41, 5.74) is -1.00. The summed E-state index contributed by atoms with van der Waals surface area (Å²) < 4.78 is 55.3. The summed E-state index contributed by atoms with van der Waals surface area (Å²) in [6.45, 7) is 4.36. The van der Waals surface area contributed by atoms with Gasteiger partial charge in [0, 0.05) is 23.2 Å². The van der Waals surface area contributed by atoms with Crippen molar-refractivity contribution in [2.75, 3.05) is 16.5 Å². The van der Waals surface area contributed by atoms with E-state index in [1.54, 1.807) is 13.8 Å². The molecule has 1 unspecified atom stereocenters. The maximum Gasteiger partial charge on any atom is 0.445 e. The Morgan fingerprint density at radius 2 is 1.75 bits per heavy atom. The molecule has 0 saturated heterocycles. The first kappa shape index (κ1) is 34.5. The molecule has 0 spiro atoms. The first-order valence-electron chi connectivity index (χ1n) is 12.3. The quantitative estimate of drug-likeness (QED) is 0.274. The van der Waals surface area contributed by atoms with E-state index in [-0.39, 0.29) is 45.4 Å². The zero-order valence-corrected chi connectivity index (χ0v) is 25.3. The lowest BCUT2D eigenvalue weighted by Crippen LogP contribution is -2.47. The third-order valence-corrected chi connectivity index (χ3v) is 7.32. The third-order valence-electron chi connectivity index (χ3n) is 5.90. The number of halogens is 6. The predicted molar refractivity (Wildman–Crippen MR) is 154 cm³/mol. The van der Waals surface area contributed by atoms with E-state index in [9.17, 15) is 37.1 Å². The van der Waals surface area contributed by atoms with Crippen LogP contribution in [0.3, 0.4) is 0 Å². The molecule has 11 nitrogen and oxygen atoms in total. The average molecular weight is 680 g/mol. The Morgan fingerprint density at radius 3 is 2.25 bits per heavy atom. The Hall–Kier alpha value is -4.02. The van der Waals surface area contributed by atoms with Crippen LogP contribution in [0.2, 0.25) is 10.0 Å². The fourth-order valence-corrected chi connectivity index (χ4v) is 4.88. The molecule has 1 amide bonds. The number of anilines is 2. The van der Waals surface area contributed by atoms with Crippen LogP contribution in [0.1, 0.15) is 32.2 Å². The lowest BCUT2D eigenvalue weighted by Gasteiger charge is -2.30. The zero-order valence-electron chi connectivity index (χ0n) is 23.0. The van der Waals surface area contributed by atoms with Gasteiger partial charge in [0.15, 0.2) is 12.1 Å². The van der Waals surface area contributed by atoms with Crippen molar-refractivity contribution in [1.29, 1.82) is 0 Å². The second kappa shape index (κ2) is 13.7. The SMILES string of the molecule is CC(C)N(C(=O)COc1nnc(C(F)(F)F)s1)c1ccc(F)cc1.CC1(C(=O)O)CC(C(=O)O)=NN1c1ccc(Cl)cc1Cl. The van der Waals surface area contributed by atoms with E-state index in [1.165, 1.54) is 54.3 Å². The molecule has 3 aromatic rings. The molecule has 0 bridgehead atoms. The van der Waals surface area contributed by atoms with Gasteiger partial charge >= 0.3 is 18.1 Å². The van der Waals surface area contributed by atoms with E-state index in [1.807, 2.05) is 0 Å². The predicted octanol–water partition coefficient (Wildman–Crippen LogP) is 6.00. The number of alkyl halides is 3. The summed E-state index contributed by atoms with van der Waals surface area (Å²) in [5, 5.41) is 28.6. The number of carbonyl (C=O) groups is 3. The molecule has 1 aromatic heterocycles. The van der Waals surface area contributed by atoms with Gasteiger partial charge in [0.05, 0.1) is 10.7 Å². The Balaban J connectivity index is 0.000000244. The van der Waals surface area contributed by atoms with Gasteiger partial charge < -0.3 is 19.8 Å². The Bertz CT molecular complexity index is 1570. The molecule has 236 valence electrons. The van der Waals surface area contributed by atoms with Crippen LogP contribution in [0.25, 0.3) is 0 Å². The topological polar surface area (TPSA) is 146 Å². The number of carboxylic acid groups (broad SMARTS) is 2. The molecule has 44 heavy (non-hydrogen) atoms. The number of benzene rings is 2. The molecular weight excluding hydrogens is 657 g/mol. The van der Waals surface area contributed by atoms with Gasteiger partial charge in [0.2, 0.25) is 5.01 Å². The van der Waals surface area contributed by atoms with E-state index in [0.717, 1.165) is 5.01 Å². The Morgan fingerprint density at radius 1 is 1.11 bits per heavy atom. The van der Waals surface area contributed by atoms with E-state index in [0.29, 0.717) is 10.7 Å². The number of rotatable bonds is 8. The molecule has 0 fully saturated rings. The van der Waals surface area contributed by atoms with Gasteiger partial charge in [-0.05, 0) is 63.2 Å². The molecule has 1 atom stereocenters. The average Bonchev–Trinajstić information content (AvgIpc) is 3.55. The van der Waals surface area contributed by atoms with Crippen molar-refractivity contribution in [3.8, 4) is 5.19 Å². The highest BCUT2D eigenvalue weighted by atomic mass is 35.5. The molecule has 2 aromatic carbocycles. The van der Waals surface area contributed by atoms with Crippen LogP contribution in [-0.2, 0) is 20.6 Å². The first-order valence-corrected chi connectivity index (χ1v) is 13.9. The monoisotopic (exact) mass is 679 g/mol. The normalized spacial score (nSPS) is 16.2. The number of amides is 1. The van der Waals surface area contributed by atoms with E-state index in [4.69, 9.17) is 33.0 Å². The number of carbonyl (C=O) groups excluding carboxylic acids is 1. The summed E-state index contributed by atoms with van der Waals surface area (Å²) >= 11 is 12.0. The van der Waals surface area contributed by atoms with Gasteiger partial charge in [-0.15, -0.1) is 5.10 Å². The van der Waals surface area contributed by atoms with E-state index < -0.39 is 47.0 Å². The van der Waals surface area contributed by atoms with Crippen LogP contribution in [0.4, 0.5) is 28.9 Å². The molecule has 0 aliphatic carbocycles. The van der Waals surface area contributed by atoms with Crippen LogP contribution in [0.5, 0.6) is 5.19 Å². The van der Waals surface area contributed by atoms with Crippen molar-refractivity contribution in [1.82, 2.24) is 10.2 Å². The molecule has 2 N–H and O–H groups in total. The van der Waals surface area contributed by atoms with E-state index >= 15 is 0 Å². The highest BCUT2D eigenvalue weighted by molar-refractivity contribution is 7.13. The van der Waals surface area contributed by atoms with Crippen LogP contribution in [0, 0.1) is 5.82 Å². The number of carboxylic acids is 2. The Labute approximate surface area is 261 Å². The van der Waals surface area contributed by atoms with Crippen molar-refractivity contribution in [2.45, 2.75) is 44.9 Å². The van der Waals surface area contributed by atoms with Gasteiger partial charge in [-0.1, -0.05) is 39.6 Å². The fourth-order valence-electron chi connectivity index (χ4n) is 3.83. The lowest BCUT2D eigenvalue weighted by atomic mass is 9.95. The van der Waals surface area contributed by atoms with Crippen molar-refractivity contribution >= 4 is 69.5 Å². The zero-order chi connectivity index (χ0) is 33.0. The molecular formula is C26H23Cl2F4N5O6S. The minimum atomic E-state index is -4.61. The summed E-state index contributed by atoms with van der Waals surface area (Å²) in [6, 6.07) is 9.49. The lowest BCUT2D eigenvalue weighted by molar-refractivity contribution is -0.142.